The van der Waals surface area contributed by atoms with Crippen LogP contribution in [0.2, 0.25) is 0 Å². The molecule has 1 aromatic heterocycles. The van der Waals surface area contributed by atoms with E-state index in [0.717, 1.165) is 19.5 Å². The summed E-state index contributed by atoms with van der Waals surface area (Å²) in [5, 5.41) is 23.5. The summed E-state index contributed by atoms with van der Waals surface area (Å²) in [5.41, 5.74) is 0.600. The van der Waals surface area contributed by atoms with E-state index in [1.165, 1.54) is 12.8 Å². The molecule has 0 amide bonds. The second kappa shape index (κ2) is 8.65. The maximum Gasteiger partial charge on any atom is 0.119 e. The normalized spacial score (nSPS) is 19.3. The van der Waals surface area contributed by atoms with Gasteiger partial charge in [0.1, 0.15) is 18.5 Å². The molecule has 0 radical (unpaired) electrons. The van der Waals surface area contributed by atoms with Gasteiger partial charge >= 0.3 is 0 Å². The van der Waals surface area contributed by atoms with Crippen LogP contribution in [0.5, 0.6) is 5.75 Å². The quantitative estimate of drug-likeness (QED) is 0.835. The third kappa shape index (κ3) is 5.05. The zero-order valence-electron chi connectivity index (χ0n) is 14.3. The molecular weight excluding hydrogens is 316 g/mol. The SMILES string of the molecule is N#Cc1ccc(OC[C@@H](O)CN2CCCC[C@@H]2Cn2cccn2)cc1. The Morgan fingerprint density at radius 3 is 2.88 bits per heavy atom. The van der Waals surface area contributed by atoms with Gasteiger partial charge in [-0.15, -0.1) is 0 Å². The Balaban J connectivity index is 1.49. The van der Waals surface area contributed by atoms with Crippen molar-refractivity contribution in [2.24, 2.45) is 0 Å². The van der Waals surface area contributed by atoms with Crippen molar-refractivity contribution in [2.45, 2.75) is 38.0 Å². The Morgan fingerprint density at radius 1 is 1.32 bits per heavy atom. The van der Waals surface area contributed by atoms with Gasteiger partial charge in [-0.2, -0.15) is 10.4 Å². The average molecular weight is 340 g/mol. The highest BCUT2D eigenvalue weighted by atomic mass is 16.5. The third-order valence-electron chi connectivity index (χ3n) is 4.58. The van der Waals surface area contributed by atoms with E-state index in [2.05, 4.69) is 16.1 Å². The number of hydrogen-bond donors (Lipinski definition) is 1. The Bertz CT molecular complexity index is 678. The molecule has 0 saturated carbocycles. The summed E-state index contributed by atoms with van der Waals surface area (Å²) in [6, 6.07) is 11.4. The number of rotatable bonds is 7. The lowest BCUT2D eigenvalue weighted by molar-refractivity contribution is 0.0345. The summed E-state index contributed by atoms with van der Waals surface area (Å²) >= 11 is 0. The van der Waals surface area contributed by atoms with Crippen molar-refractivity contribution in [3.8, 4) is 11.8 Å². The molecule has 6 nitrogen and oxygen atoms in total. The molecule has 0 aliphatic carbocycles. The number of likely N-dealkylation sites (tertiary alicyclic amines) is 1. The van der Waals surface area contributed by atoms with E-state index in [4.69, 9.17) is 10.00 Å². The largest absolute Gasteiger partial charge is 0.491 e. The molecule has 1 N–H and O–H groups in total. The number of nitrogens with zero attached hydrogens (tertiary/aromatic N) is 4. The lowest BCUT2D eigenvalue weighted by Crippen LogP contribution is -2.46. The zero-order valence-corrected chi connectivity index (χ0v) is 14.3. The van der Waals surface area contributed by atoms with Crippen LogP contribution in [0.4, 0.5) is 0 Å². The molecule has 2 aromatic rings. The smallest absolute Gasteiger partial charge is 0.119 e. The maximum absolute atomic E-state index is 10.4. The minimum Gasteiger partial charge on any atom is -0.491 e. The number of piperidine rings is 1. The van der Waals surface area contributed by atoms with Crippen LogP contribution in [0.3, 0.4) is 0 Å². The number of aromatic nitrogens is 2. The van der Waals surface area contributed by atoms with Gasteiger partial charge in [-0.25, -0.2) is 0 Å². The fourth-order valence-electron chi connectivity index (χ4n) is 3.27. The Hall–Kier alpha value is -2.36. The van der Waals surface area contributed by atoms with Crippen LogP contribution in [0.1, 0.15) is 24.8 Å². The number of β-amino-alcohol motifs (C(OH)–C–C–N with tert-alkyl or cyclic N) is 1. The summed E-state index contributed by atoms with van der Waals surface area (Å²) in [6.07, 6.45) is 6.75. The molecule has 1 saturated heterocycles. The van der Waals surface area contributed by atoms with Crippen LogP contribution >= 0.6 is 0 Å². The molecule has 2 atom stereocenters. The number of benzene rings is 1. The van der Waals surface area contributed by atoms with Crippen LogP contribution < -0.4 is 4.74 Å². The highest BCUT2D eigenvalue weighted by Crippen LogP contribution is 2.19. The molecule has 25 heavy (non-hydrogen) atoms. The van der Waals surface area contributed by atoms with Crippen molar-refractivity contribution in [1.29, 1.82) is 5.26 Å². The molecular formula is C19H24N4O2. The summed E-state index contributed by atoms with van der Waals surface area (Å²) in [4.78, 5) is 2.35. The van der Waals surface area contributed by atoms with Crippen LogP contribution in [-0.2, 0) is 6.54 Å². The Kier molecular flexibility index (Phi) is 6.04. The van der Waals surface area contributed by atoms with Crippen molar-refractivity contribution in [1.82, 2.24) is 14.7 Å². The summed E-state index contributed by atoms with van der Waals surface area (Å²) < 4.78 is 7.61. The second-order valence-electron chi connectivity index (χ2n) is 6.47. The molecule has 0 unspecified atom stereocenters. The van der Waals surface area contributed by atoms with E-state index in [1.54, 1.807) is 30.5 Å². The van der Waals surface area contributed by atoms with Crippen molar-refractivity contribution in [3.63, 3.8) is 0 Å². The van der Waals surface area contributed by atoms with Crippen molar-refractivity contribution in [2.75, 3.05) is 19.7 Å². The van der Waals surface area contributed by atoms with E-state index in [1.807, 2.05) is 16.9 Å². The first-order valence-electron chi connectivity index (χ1n) is 8.77. The number of nitriles is 1. The van der Waals surface area contributed by atoms with E-state index < -0.39 is 6.10 Å². The predicted molar refractivity (Wildman–Crippen MR) is 94.1 cm³/mol. The standard InChI is InChI=1S/C19H24N4O2/c20-12-16-5-7-19(8-6-16)25-15-18(24)14-22-10-2-1-4-17(22)13-23-11-3-9-21-23/h3,5-9,11,17-18,24H,1-2,4,10,13-15H2/t17-,18+/m1/s1. The van der Waals surface area contributed by atoms with Crippen LogP contribution in [0.15, 0.2) is 42.7 Å². The van der Waals surface area contributed by atoms with Gasteiger partial charge in [-0.1, -0.05) is 6.42 Å². The van der Waals surface area contributed by atoms with E-state index in [9.17, 15) is 5.11 Å². The molecule has 0 bridgehead atoms. The van der Waals surface area contributed by atoms with Crippen molar-refractivity contribution >= 4 is 0 Å². The first-order valence-corrected chi connectivity index (χ1v) is 8.77. The fourth-order valence-corrected chi connectivity index (χ4v) is 3.27. The second-order valence-corrected chi connectivity index (χ2v) is 6.47. The third-order valence-corrected chi connectivity index (χ3v) is 4.58. The number of hydrogen-bond acceptors (Lipinski definition) is 5. The van der Waals surface area contributed by atoms with Crippen molar-refractivity contribution < 1.29 is 9.84 Å². The molecule has 6 heteroatoms. The molecule has 0 spiro atoms. The monoisotopic (exact) mass is 340 g/mol. The van der Waals surface area contributed by atoms with E-state index >= 15 is 0 Å². The van der Waals surface area contributed by atoms with Gasteiger partial charge in [0.25, 0.3) is 0 Å². The Morgan fingerprint density at radius 2 is 2.16 bits per heavy atom. The highest BCUT2D eigenvalue weighted by Gasteiger charge is 2.25. The zero-order chi connectivity index (χ0) is 17.5. The maximum atomic E-state index is 10.4. The molecule has 1 aromatic carbocycles. The first-order chi connectivity index (χ1) is 12.2. The van der Waals surface area contributed by atoms with Gasteiger partial charge in [0.05, 0.1) is 18.2 Å². The fraction of sp³-hybridized carbons (Fsp3) is 0.474. The topological polar surface area (TPSA) is 74.3 Å². The van der Waals surface area contributed by atoms with Crippen LogP contribution in [0, 0.1) is 11.3 Å². The van der Waals surface area contributed by atoms with Gasteiger partial charge in [-0.3, -0.25) is 9.58 Å². The van der Waals surface area contributed by atoms with Gasteiger partial charge in [0.2, 0.25) is 0 Å². The number of aliphatic hydroxyl groups is 1. The average Bonchev–Trinajstić information content (AvgIpc) is 3.15. The number of ether oxygens (including phenoxy) is 1. The molecule has 1 fully saturated rings. The molecule has 1 aliphatic rings. The lowest BCUT2D eigenvalue weighted by atomic mass is 10.0. The Labute approximate surface area is 148 Å². The summed E-state index contributed by atoms with van der Waals surface area (Å²) in [6.45, 7) is 2.70. The predicted octanol–water partition coefficient (Wildman–Crippen LogP) is 2.05. The van der Waals surface area contributed by atoms with Crippen LogP contribution in [-0.4, -0.2) is 51.6 Å². The lowest BCUT2D eigenvalue weighted by Gasteiger charge is -2.36. The molecule has 3 rings (SSSR count). The number of aliphatic hydroxyl groups excluding tert-OH is 1. The van der Waals surface area contributed by atoms with Crippen molar-refractivity contribution in [3.05, 3.63) is 48.3 Å². The summed E-state index contributed by atoms with van der Waals surface area (Å²) in [5.74, 6) is 0.671. The van der Waals surface area contributed by atoms with Gasteiger partial charge < -0.3 is 9.84 Å². The molecule has 1 aliphatic heterocycles. The first kappa shape index (κ1) is 17.5. The van der Waals surface area contributed by atoms with E-state index in [-0.39, 0.29) is 6.61 Å². The molecule has 132 valence electrons. The molecule has 2 heterocycles. The minimum absolute atomic E-state index is 0.247. The van der Waals surface area contributed by atoms with Gasteiger partial charge in [-0.05, 0) is 49.7 Å². The van der Waals surface area contributed by atoms with Crippen LogP contribution in [0.25, 0.3) is 0 Å². The van der Waals surface area contributed by atoms with Gasteiger partial charge in [0.15, 0.2) is 0 Å². The van der Waals surface area contributed by atoms with E-state index in [0.29, 0.717) is 23.9 Å². The summed E-state index contributed by atoms with van der Waals surface area (Å²) in [7, 11) is 0. The minimum atomic E-state index is -0.547. The van der Waals surface area contributed by atoms with Gasteiger partial charge in [0, 0.05) is 25.0 Å². The highest BCUT2D eigenvalue weighted by molar-refractivity contribution is 5.34.